The van der Waals surface area contributed by atoms with Crippen LogP contribution in [0.15, 0.2) is 0 Å². The third-order valence-electron chi connectivity index (χ3n) is 4.43. The van der Waals surface area contributed by atoms with Crippen LogP contribution in [0.25, 0.3) is 0 Å². The van der Waals surface area contributed by atoms with Crippen LogP contribution < -0.4 is 0 Å². The largest absolute Gasteiger partial charge is 0.469 e. The summed E-state index contributed by atoms with van der Waals surface area (Å²) in [5.74, 6) is -0.0863. The van der Waals surface area contributed by atoms with Gasteiger partial charge in [-0.1, -0.05) is 13.3 Å². The van der Waals surface area contributed by atoms with E-state index in [0.717, 1.165) is 32.1 Å². The maximum absolute atomic E-state index is 11.7. The average molecular weight is 212 g/mol. The van der Waals surface area contributed by atoms with Crippen LogP contribution in [0.2, 0.25) is 0 Å². The van der Waals surface area contributed by atoms with Gasteiger partial charge in [0.05, 0.1) is 19.1 Å². The van der Waals surface area contributed by atoms with Crippen LogP contribution in [0, 0.1) is 17.3 Å². The van der Waals surface area contributed by atoms with Gasteiger partial charge in [0.25, 0.3) is 0 Å². The zero-order valence-corrected chi connectivity index (χ0v) is 9.53. The van der Waals surface area contributed by atoms with E-state index < -0.39 is 0 Å². The predicted octanol–water partition coefficient (Wildman–Crippen LogP) is 1.74. The number of hydrogen-bond acceptors (Lipinski definition) is 3. The Morgan fingerprint density at radius 3 is 2.80 bits per heavy atom. The fourth-order valence-electron chi connectivity index (χ4n) is 3.66. The van der Waals surface area contributed by atoms with Crippen molar-refractivity contribution in [2.75, 3.05) is 7.11 Å². The lowest BCUT2D eigenvalue weighted by Crippen LogP contribution is -2.42. The number of aliphatic hydroxyl groups excluding tert-OH is 1. The highest BCUT2D eigenvalue weighted by Crippen LogP contribution is 2.54. The second-order valence-corrected chi connectivity index (χ2v) is 5.31. The van der Waals surface area contributed by atoms with E-state index in [1.807, 2.05) is 0 Å². The summed E-state index contributed by atoms with van der Waals surface area (Å²) in [5, 5.41) is 10.00. The maximum Gasteiger partial charge on any atom is 0.309 e. The number of ether oxygens (including phenoxy) is 1. The number of carbonyl (C=O) groups is 1. The summed E-state index contributed by atoms with van der Waals surface area (Å²) in [6.45, 7) is 2.21. The lowest BCUT2D eigenvalue weighted by molar-refractivity contribution is -0.153. The van der Waals surface area contributed by atoms with Gasteiger partial charge in [0.1, 0.15) is 0 Å². The van der Waals surface area contributed by atoms with E-state index in [1.165, 1.54) is 7.11 Å². The van der Waals surface area contributed by atoms with Crippen LogP contribution in [0.5, 0.6) is 0 Å². The van der Waals surface area contributed by atoms with E-state index >= 15 is 0 Å². The molecule has 0 aliphatic heterocycles. The first kappa shape index (κ1) is 10.9. The number of methoxy groups -OCH3 is 1. The molecule has 2 saturated carbocycles. The zero-order valence-electron chi connectivity index (χ0n) is 9.53. The zero-order chi connectivity index (χ0) is 11.1. The van der Waals surface area contributed by atoms with Crippen LogP contribution in [-0.2, 0) is 9.53 Å². The van der Waals surface area contributed by atoms with Crippen molar-refractivity contribution >= 4 is 5.97 Å². The van der Waals surface area contributed by atoms with E-state index in [-0.39, 0.29) is 29.3 Å². The third kappa shape index (κ3) is 1.67. The minimum atomic E-state index is -0.306. The van der Waals surface area contributed by atoms with Gasteiger partial charge < -0.3 is 9.84 Å². The van der Waals surface area contributed by atoms with Gasteiger partial charge in [0.2, 0.25) is 0 Å². The van der Waals surface area contributed by atoms with Crippen LogP contribution >= 0.6 is 0 Å². The van der Waals surface area contributed by atoms with Crippen molar-refractivity contribution in [2.45, 2.75) is 45.1 Å². The van der Waals surface area contributed by atoms with E-state index in [9.17, 15) is 9.90 Å². The summed E-state index contributed by atoms with van der Waals surface area (Å²) < 4.78 is 4.84. The van der Waals surface area contributed by atoms with Crippen molar-refractivity contribution < 1.29 is 14.6 Å². The minimum Gasteiger partial charge on any atom is -0.469 e. The predicted molar refractivity (Wildman–Crippen MR) is 56.2 cm³/mol. The van der Waals surface area contributed by atoms with Gasteiger partial charge in [-0.05, 0) is 31.1 Å². The second kappa shape index (κ2) is 3.78. The van der Waals surface area contributed by atoms with Gasteiger partial charge in [0.15, 0.2) is 0 Å². The summed E-state index contributed by atoms with van der Waals surface area (Å²) in [5.41, 5.74) is 0.163. The van der Waals surface area contributed by atoms with Gasteiger partial charge >= 0.3 is 5.97 Å². The Morgan fingerprint density at radius 2 is 2.13 bits per heavy atom. The minimum absolute atomic E-state index is 0.0775. The fraction of sp³-hybridized carbons (Fsp3) is 0.917. The lowest BCUT2D eigenvalue weighted by Gasteiger charge is -2.41. The van der Waals surface area contributed by atoms with Gasteiger partial charge in [-0.2, -0.15) is 0 Å². The summed E-state index contributed by atoms with van der Waals surface area (Å²) >= 11 is 0. The molecule has 0 aromatic heterocycles. The molecule has 2 rings (SSSR count). The van der Waals surface area contributed by atoms with Crippen LogP contribution in [0.4, 0.5) is 0 Å². The van der Waals surface area contributed by atoms with Crippen LogP contribution in [0.1, 0.15) is 39.0 Å². The molecule has 0 bridgehead atoms. The monoisotopic (exact) mass is 212 g/mol. The molecule has 0 aromatic carbocycles. The van der Waals surface area contributed by atoms with Gasteiger partial charge in [-0.25, -0.2) is 0 Å². The Kier molecular flexibility index (Phi) is 2.75. The molecule has 86 valence electrons. The molecule has 0 amide bonds. The van der Waals surface area contributed by atoms with E-state index in [4.69, 9.17) is 4.74 Å². The van der Waals surface area contributed by atoms with E-state index in [0.29, 0.717) is 0 Å². The van der Waals surface area contributed by atoms with Gasteiger partial charge in [0, 0.05) is 5.92 Å². The molecule has 15 heavy (non-hydrogen) atoms. The number of fused-ring (bicyclic) bond motifs is 1. The summed E-state index contributed by atoms with van der Waals surface area (Å²) in [6.07, 6.45) is 4.69. The molecule has 0 heterocycles. The Hall–Kier alpha value is -0.570. The van der Waals surface area contributed by atoms with Crippen molar-refractivity contribution in [1.29, 1.82) is 0 Å². The molecule has 0 radical (unpaired) electrons. The van der Waals surface area contributed by atoms with Crippen molar-refractivity contribution in [2.24, 2.45) is 17.3 Å². The van der Waals surface area contributed by atoms with Crippen molar-refractivity contribution in [3.63, 3.8) is 0 Å². The molecule has 2 aliphatic rings. The number of aliphatic hydroxyl groups is 1. The summed E-state index contributed by atoms with van der Waals surface area (Å²) in [4.78, 5) is 11.7. The molecule has 4 atom stereocenters. The molecule has 0 saturated heterocycles. The maximum atomic E-state index is 11.7. The highest BCUT2D eigenvalue weighted by molar-refractivity contribution is 5.73. The molecule has 3 nitrogen and oxygen atoms in total. The SMILES string of the molecule is COC(=O)[C@@H]1CCC[C@@]2(C)CC[C@H](O)[C@@H]12. The van der Waals surface area contributed by atoms with E-state index in [2.05, 4.69) is 6.92 Å². The van der Waals surface area contributed by atoms with Crippen LogP contribution in [0.3, 0.4) is 0 Å². The standard InChI is InChI=1S/C12H20O3/c1-12-6-3-4-8(11(14)15-2)10(12)9(13)5-7-12/h8-10,13H,3-7H2,1-2H3/t8-,9+,10-,12+/m1/s1. The fourth-order valence-corrected chi connectivity index (χ4v) is 3.66. The molecule has 0 spiro atoms. The first-order chi connectivity index (χ1) is 7.08. The lowest BCUT2D eigenvalue weighted by atomic mass is 9.64. The highest BCUT2D eigenvalue weighted by Gasteiger charge is 2.52. The molecule has 0 unspecified atom stereocenters. The number of rotatable bonds is 1. The first-order valence-corrected chi connectivity index (χ1v) is 5.84. The molecule has 0 aromatic rings. The Balaban J connectivity index is 2.22. The van der Waals surface area contributed by atoms with Gasteiger partial charge in [-0.3, -0.25) is 4.79 Å². The van der Waals surface area contributed by atoms with Crippen LogP contribution in [-0.4, -0.2) is 24.3 Å². The van der Waals surface area contributed by atoms with Crippen molar-refractivity contribution in [3.05, 3.63) is 0 Å². The van der Waals surface area contributed by atoms with E-state index in [1.54, 1.807) is 0 Å². The Labute approximate surface area is 90.8 Å². The van der Waals surface area contributed by atoms with Gasteiger partial charge in [-0.15, -0.1) is 0 Å². The van der Waals surface area contributed by atoms with Crippen molar-refractivity contribution in [1.82, 2.24) is 0 Å². The highest BCUT2D eigenvalue weighted by atomic mass is 16.5. The molecule has 1 N–H and O–H groups in total. The van der Waals surface area contributed by atoms with Crippen molar-refractivity contribution in [3.8, 4) is 0 Å². The summed E-state index contributed by atoms with van der Waals surface area (Å²) in [7, 11) is 1.44. The third-order valence-corrected chi connectivity index (χ3v) is 4.43. The normalized spacial score (nSPS) is 44.9. The molecule has 2 fully saturated rings. The molecule has 2 aliphatic carbocycles. The number of esters is 1. The Bertz CT molecular complexity index is 260. The Morgan fingerprint density at radius 1 is 1.40 bits per heavy atom. The number of carbonyl (C=O) groups excluding carboxylic acids is 1. The molecular weight excluding hydrogens is 192 g/mol. The quantitative estimate of drug-likeness (QED) is 0.673. The average Bonchev–Trinajstić information content (AvgIpc) is 2.54. The molecular formula is C12H20O3. The topological polar surface area (TPSA) is 46.5 Å². The second-order valence-electron chi connectivity index (χ2n) is 5.31. The smallest absolute Gasteiger partial charge is 0.309 e. The molecule has 3 heteroatoms. The number of hydrogen-bond donors (Lipinski definition) is 1. The first-order valence-electron chi connectivity index (χ1n) is 5.84. The summed E-state index contributed by atoms with van der Waals surface area (Å²) in [6, 6.07) is 0.